The van der Waals surface area contributed by atoms with Crippen molar-refractivity contribution < 1.29 is 4.74 Å². The molecule has 0 bridgehead atoms. The summed E-state index contributed by atoms with van der Waals surface area (Å²) in [4.78, 5) is 0. The minimum Gasteiger partial charge on any atom is -0.359 e. The molecule has 0 unspecified atom stereocenters. The van der Waals surface area contributed by atoms with Gasteiger partial charge in [-0.25, -0.2) is 4.68 Å². The molecule has 3 nitrogen and oxygen atoms in total. The molecular formula is C9H15Br3N2OSi. The van der Waals surface area contributed by atoms with Crippen LogP contribution in [0.1, 0.15) is 0 Å². The Morgan fingerprint density at radius 3 is 2.31 bits per heavy atom. The Balaban J connectivity index is 2.41. The average molecular weight is 435 g/mol. The molecule has 0 radical (unpaired) electrons. The molecular weight excluding hydrogens is 420 g/mol. The monoisotopic (exact) mass is 432 g/mol. The van der Waals surface area contributed by atoms with E-state index in [1.807, 2.05) is 0 Å². The fourth-order valence-electron chi connectivity index (χ4n) is 1.01. The van der Waals surface area contributed by atoms with Gasteiger partial charge in [0.15, 0.2) is 0 Å². The van der Waals surface area contributed by atoms with Gasteiger partial charge in [0, 0.05) is 14.7 Å². The number of ether oxygens (including phenoxy) is 1. The maximum atomic E-state index is 5.61. The van der Waals surface area contributed by atoms with Gasteiger partial charge in [0.25, 0.3) is 0 Å². The molecule has 0 fully saturated rings. The smallest absolute Gasteiger partial charge is 0.143 e. The highest BCUT2D eigenvalue weighted by atomic mass is 79.9. The van der Waals surface area contributed by atoms with Crippen LogP contribution >= 0.6 is 47.8 Å². The van der Waals surface area contributed by atoms with Gasteiger partial charge in [-0.1, -0.05) is 19.6 Å². The van der Waals surface area contributed by atoms with E-state index < -0.39 is 8.07 Å². The van der Waals surface area contributed by atoms with Gasteiger partial charge in [0.1, 0.15) is 15.9 Å². The fourth-order valence-corrected chi connectivity index (χ4v) is 3.06. The summed E-state index contributed by atoms with van der Waals surface area (Å²) in [6, 6.07) is 1.17. The van der Waals surface area contributed by atoms with Crippen molar-refractivity contribution >= 4 is 55.9 Å². The number of hydrogen-bond acceptors (Lipinski definition) is 2. The zero-order valence-corrected chi connectivity index (χ0v) is 15.3. The Morgan fingerprint density at radius 2 is 1.88 bits per heavy atom. The van der Waals surface area contributed by atoms with Crippen LogP contribution in [-0.2, 0) is 11.5 Å². The molecule has 0 atom stereocenters. The first kappa shape index (κ1) is 14.9. The first-order valence-electron chi connectivity index (χ1n) is 4.96. The Hall–Kier alpha value is 0.827. The molecule has 0 aromatic carbocycles. The van der Waals surface area contributed by atoms with Crippen molar-refractivity contribution in [3.05, 3.63) is 13.7 Å². The van der Waals surface area contributed by atoms with Crippen molar-refractivity contribution in [2.75, 3.05) is 6.61 Å². The van der Waals surface area contributed by atoms with E-state index in [2.05, 4.69) is 72.5 Å². The van der Waals surface area contributed by atoms with Crippen molar-refractivity contribution in [3.63, 3.8) is 0 Å². The number of nitrogens with zero attached hydrogens (tertiary/aromatic N) is 2. The van der Waals surface area contributed by atoms with Crippen LogP contribution in [0.2, 0.25) is 25.7 Å². The van der Waals surface area contributed by atoms with Crippen LogP contribution < -0.4 is 0 Å². The Kier molecular flexibility index (Phi) is 5.70. The number of hydrogen-bond donors (Lipinski definition) is 0. The Labute approximate surface area is 122 Å². The predicted molar refractivity (Wildman–Crippen MR) is 79.4 cm³/mol. The predicted octanol–water partition coefficient (Wildman–Crippen LogP) is 4.48. The van der Waals surface area contributed by atoms with Crippen molar-refractivity contribution in [2.45, 2.75) is 32.4 Å². The highest BCUT2D eigenvalue weighted by Crippen LogP contribution is 2.30. The van der Waals surface area contributed by atoms with E-state index in [-0.39, 0.29) is 0 Å². The molecule has 1 heterocycles. The van der Waals surface area contributed by atoms with Crippen molar-refractivity contribution in [1.82, 2.24) is 9.78 Å². The standard InChI is InChI=1S/C9H15Br3N2OSi/c1-16(2,3)5-4-15-6-14-9(12)7(10)8(11)13-14/h4-6H2,1-3H3. The van der Waals surface area contributed by atoms with Crippen LogP contribution in [0.4, 0.5) is 0 Å². The highest BCUT2D eigenvalue weighted by molar-refractivity contribution is 9.14. The molecule has 16 heavy (non-hydrogen) atoms. The summed E-state index contributed by atoms with van der Waals surface area (Å²) in [5.74, 6) is 0. The third kappa shape index (κ3) is 4.60. The molecule has 1 aromatic heterocycles. The first-order chi connectivity index (χ1) is 7.31. The maximum Gasteiger partial charge on any atom is 0.143 e. The molecule has 0 saturated carbocycles. The van der Waals surface area contributed by atoms with Gasteiger partial charge in [-0.3, -0.25) is 0 Å². The second-order valence-corrected chi connectivity index (χ2v) is 12.7. The van der Waals surface area contributed by atoms with Crippen LogP contribution in [-0.4, -0.2) is 24.5 Å². The molecule has 0 saturated heterocycles. The van der Waals surface area contributed by atoms with E-state index in [1.54, 1.807) is 4.68 Å². The van der Waals surface area contributed by atoms with Crippen molar-refractivity contribution in [1.29, 1.82) is 0 Å². The third-order valence-corrected chi connectivity index (χ3v) is 6.89. The van der Waals surface area contributed by atoms with Gasteiger partial charge in [-0.05, 0) is 53.8 Å². The van der Waals surface area contributed by atoms with Gasteiger partial charge in [0.2, 0.25) is 0 Å². The maximum absolute atomic E-state index is 5.61. The molecule has 0 aliphatic rings. The summed E-state index contributed by atoms with van der Waals surface area (Å²) in [6.07, 6.45) is 0. The van der Waals surface area contributed by atoms with E-state index >= 15 is 0 Å². The van der Waals surface area contributed by atoms with Crippen molar-refractivity contribution in [2.24, 2.45) is 0 Å². The molecule has 1 rings (SSSR count). The minimum atomic E-state index is -1.000. The van der Waals surface area contributed by atoms with Gasteiger partial charge in [-0.15, -0.1) is 0 Å². The van der Waals surface area contributed by atoms with E-state index in [0.717, 1.165) is 20.3 Å². The lowest BCUT2D eigenvalue weighted by Crippen LogP contribution is -2.22. The zero-order chi connectivity index (χ0) is 12.3. The lowest BCUT2D eigenvalue weighted by atomic mass is 10.7. The summed E-state index contributed by atoms with van der Waals surface area (Å²) >= 11 is 10.2. The van der Waals surface area contributed by atoms with E-state index in [1.165, 1.54) is 6.04 Å². The third-order valence-electron chi connectivity index (χ3n) is 2.01. The molecule has 7 heteroatoms. The SMILES string of the molecule is C[Si](C)(C)CCOCn1nc(Br)c(Br)c1Br. The molecule has 0 amide bonds. The number of halogens is 3. The fraction of sp³-hybridized carbons (Fsp3) is 0.667. The average Bonchev–Trinajstić information content (AvgIpc) is 2.40. The van der Waals surface area contributed by atoms with E-state index in [9.17, 15) is 0 Å². The Bertz CT molecular complexity index is 362. The highest BCUT2D eigenvalue weighted by Gasteiger charge is 2.14. The van der Waals surface area contributed by atoms with Crippen LogP contribution in [0.3, 0.4) is 0 Å². The normalized spacial score (nSPS) is 12.1. The molecule has 92 valence electrons. The quantitative estimate of drug-likeness (QED) is 0.504. The second kappa shape index (κ2) is 6.13. The van der Waals surface area contributed by atoms with E-state index in [0.29, 0.717) is 6.73 Å². The molecule has 1 aromatic rings. The molecule has 0 spiro atoms. The van der Waals surface area contributed by atoms with Crippen LogP contribution in [0.5, 0.6) is 0 Å². The van der Waals surface area contributed by atoms with Gasteiger partial charge < -0.3 is 4.74 Å². The molecule has 0 aliphatic carbocycles. The lowest BCUT2D eigenvalue weighted by Gasteiger charge is -2.15. The summed E-state index contributed by atoms with van der Waals surface area (Å²) in [5.41, 5.74) is 0. The van der Waals surface area contributed by atoms with E-state index in [4.69, 9.17) is 4.74 Å². The summed E-state index contributed by atoms with van der Waals surface area (Å²) < 4.78 is 9.98. The van der Waals surface area contributed by atoms with Gasteiger partial charge in [0.05, 0.1) is 4.47 Å². The number of aromatic nitrogens is 2. The van der Waals surface area contributed by atoms with Gasteiger partial charge in [-0.2, -0.15) is 5.10 Å². The minimum absolute atomic E-state index is 0.481. The summed E-state index contributed by atoms with van der Waals surface area (Å²) in [6.45, 7) is 8.31. The molecule has 0 aliphatic heterocycles. The summed E-state index contributed by atoms with van der Waals surface area (Å²) in [5, 5.41) is 4.27. The first-order valence-corrected chi connectivity index (χ1v) is 11.0. The Morgan fingerprint density at radius 1 is 1.25 bits per heavy atom. The molecule has 0 N–H and O–H groups in total. The van der Waals surface area contributed by atoms with Crippen LogP contribution in [0.15, 0.2) is 13.7 Å². The number of rotatable bonds is 5. The lowest BCUT2D eigenvalue weighted by molar-refractivity contribution is 0.0767. The summed E-state index contributed by atoms with van der Waals surface area (Å²) in [7, 11) is -1.000. The van der Waals surface area contributed by atoms with Crippen LogP contribution in [0, 0.1) is 0 Å². The van der Waals surface area contributed by atoms with Gasteiger partial charge >= 0.3 is 0 Å². The topological polar surface area (TPSA) is 27.1 Å². The zero-order valence-electron chi connectivity index (χ0n) is 9.56. The van der Waals surface area contributed by atoms with Crippen LogP contribution in [0.25, 0.3) is 0 Å². The largest absolute Gasteiger partial charge is 0.359 e. The van der Waals surface area contributed by atoms with Crippen molar-refractivity contribution in [3.8, 4) is 0 Å². The second-order valence-electron chi connectivity index (χ2n) is 4.74.